The maximum absolute atomic E-state index is 5.81. The van der Waals surface area contributed by atoms with Crippen LogP contribution in [0, 0.1) is 0 Å². The second-order valence-corrected chi connectivity index (χ2v) is 4.09. The van der Waals surface area contributed by atoms with Gasteiger partial charge in [0.1, 0.15) is 17.3 Å². The van der Waals surface area contributed by atoms with Crippen LogP contribution in [0.2, 0.25) is 0 Å². The molecule has 0 unspecified atom stereocenters. The van der Waals surface area contributed by atoms with Gasteiger partial charge in [-0.2, -0.15) is 0 Å². The van der Waals surface area contributed by atoms with Crippen LogP contribution >= 0.6 is 0 Å². The summed E-state index contributed by atoms with van der Waals surface area (Å²) in [6.45, 7) is 0. The Morgan fingerprint density at radius 3 is 2.74 bits per heavy atom. The number of rotatable bonds is 3. The van der Waals surface area contributed by atoms with Gasteiger partial charge in [-0.25, -0.2) is 4.98 Å². The maximum atomic E-state index is 5.81. The number of hydrogen-bond acceptors (Lipinski definition) is 4. The topological polar surface area (TPSA) is 47.0 Å². The predicted octanol–water partition coefficient (Wildman–Crippen LogP) is 3.46. The van der Waals surface area contributed by atoms with Crippen molar-refractivity contribution in [2.75, 3.05) is 12.4 Å². The van der Waals surface area contributed by atoms with E-state index in [9.17, 15) is 0 Å². The van der Waals surface area contributed by atoms with Crippen molar-refractivity contribution >= 4 is 16.7 Å². The Morgan fingerprint density at radius 1 is 0.947 bits per heavy atom. The van der Waals surface area contributed by atoms with E-state index in [1.54, 1.807) is 12.4 Å². The first kappa shape index (κ1) is 11.5. The highest BCUT2D eigenvalue weighted by Crippen LogP contribution is 2.25. The van der Waals surface area contributed by atoms with Crippen LogP contribution in [0.1, 0.15) is 0 Å². The van der Waals surface area contributed by atoms with Crippen molar-refractivity contribution < 1.29 is 4.74 Å². The third kappa shape index (κ3) is 2.47. The minimum atomic E-state index is 0.745. The molecule has 0 amide bonds. The van der Waals surface area contributed by atoms with Gasteiger partial charge in [-0.05, 0) is 24.3 Å². The quantitative estimate of drug-likeness (QED) is 0.774. The standard InChI is InChI=1S/C15H13N3O/c1-16-15-10-13(6-8-18-15)19-12-5-4-11-3-2-7-17-14(11)9-12/h2-10H,1H3,(H,16,18). The fourth-order valence-corrected chi connectivity index (χ4v) is 1.86. The molecule has 0 saturated heterocycles. The van der Waals surface area contributed by atoms with Crippen molar-refractivity contribution in [2.24, 2.45) is 0 Å². The second-order valence-electron chi connectivity index (χ2n) is 4.09. The molecule has 0 aliphatic carbocycles. The molecule has 3 aromatic rings. The van der Waals surface area contributed by atoms with Crippen molar-refractivity contribution in [3.05, 3.63) is 54.9 Å². The Hall–Kier alpha value is -2.62. The minimum Gasteiger partial charge on any atom is -0.457 e. The van der Waals surface area contributed by atoms with E-state index < -0.39 is 0 Å². The largest absolute Gasteiger partial charge is 0.457 e. The lowest BCUT2D eigenvalue weighted by Gasteiger charge is -2.07. The van der Waals surface area contributed by atoms with E-state index in [0.29, 0.717) is 0 Å². The number of anilines is 1. The van der Waals surface area contributed by atoms with Gasteiger partial charge in [0, 0.05) is 37.0 Å². The van der Waals surface area contributed by atoms with Crippen LogP contribution in [0.4, 0.5) is 5.82 Å². The highest BCUT2D eigenvalue weighted by Gasteiger charge is 2.01. The molecule has 0 atom stereocenters. The summed E-state index contributed by atoms with van der Waals surface area (Å²) in [7, 11) is 1.83. The van der Waals surface area contributed by atoms with E-state index >= 15 is 0 Å². The number of fused-ring (bicyclic) bond motifs is 1. The number of pyridine rings is 2. The predicted molar refractivity (Wildman–Crippen MR) is 75.6 cm³/mol. The molecule has 94 valence electrons. The molecule has 0 radical (unpaired) electrons. The summed E-state index contributed by atoms with van der Waals surface area (Å²) in [4.78, 5) is 8.46. The number of benzene rings is 1. The van der Waals surface area contributed by atoms with E-state index in [1.807, 2.05) is 49.5 Å². The summed E-state index contributed by atoms with van der Waals surface area (Å²) >= 11 is 0. The first-order chi connectivity index (χ1) is 9.35. The molecule has 1 aromatic carbocycles. The first-order valence-electron chi connectivity index (χ1n) is 6.01. The number of nitrogens with zero attached hydrogens (tertiary/aromatic N) is 2. The van der Waals surface area contributed by atoms with Crippen molar-refractivity contribution in [3.8, 4) is 11.5 Å². The lowest BCUT2D eigenvalue weighted by Crippen LogP contribution is -1.92. The summed E-state index contributed by atoms with van der Waals surface area (Å²) in [5.74, 6) is 2.28. The van der Waals surface area contributed by atoms with Crippen LogP contribution in [0.3, 0.4) is 0 Å². The molecular weight excluding hydrogens is 238 g/mol. The normalized spacial score (nSPS) is 10.4. The maximum Gasteiger partial charge on any atom is 0.132 e. The smallest absolute Gasteiger partial charge is 0.132 e. The van der Waals surface area contributed by atoms with E-state index in [0.717, 1.165) is 28.2 Å². The van der Waals surface area contributed by atoms with Crippen LogP contribution in [0.5, 0.6) is 11.5 Å². The highest BCUT2D eigenvalue weighted by molar-refractivity contribution is 5.79. The fourth-order valence-electron chi connectivity index (χ4n) is 1.86. The molecule has 0 saturated carbocycles. The van der Waals surface area contributed by atoms with Gasteiger partial charge < -0.3 is 10.1 Å². The number of nitrogens with one attached hydrogen (secondary N) is 1. The molecule has 1 N–H and O–H groups in total. The summed E-state index contributed by atoms with van der Waals surface area (Å²) in [6, 6.07) is 13.5. The zero-order valence-corrected chi connectivity index (χ0v) is 10.5. The van der Waals surface area contributed by atoms with Gasteiger partial charge in [0.15, 0.2) is 0 Å². The molecule has 19 heavy (non-hydrogen) atoms. The zero-order valence-electron chi connectivity index (χ0n) is 10.5. The highest BCUT2D eigenvalue weighted by atomic mass is 16.5. The number of hydrogen-bond donors (Lipinski definition) is 1. The van der Waals surface area contributed by atoms with Gasteiger partial charge in [0.2, 0.25) is 0 Å². The van der Waals surface area contributed by atoms with E-state index in [2.05, 4.69) is 15.3 Å². The van der Waals surface area contributed by atoms with Crippen molar-refractivity contribution in [1.82, 2.24) is 9.97 Å². The lowest BCUT2D eigenvalue weighted by atomic mass is 10.2. The number of ether oxygens (including phenoxy) is 1. The molecule has 0 spiro atoms. The van der Waals surface area contributed by atoms with Crippen LogP contribution in [-0.2, 0) is 0 Å². The molecule has 2 heterocycles. The van der Waals surface area contributed by atoms with Gasteiger partial charge >= 0.3 is 0 Å². The van der Waals surface area contributed by atoms with Gasteiger partial charge in [-0.15, -0.1) is 0 Å². The Labute approximate surface area is 111 Å². The van der Waals surface area contributed by atoms with E-state index in [4.69, 9.17) is 4.74 Å². The van der Waals surface area contributed by atoms with Crippen molar-refractivity contribution in [1.29, 1.82) is 0 Å². The lowest BCUT2D eigenvalue weighted by molar-refractivity contribution is 0.483. The summed E-state index contributed by atoms with van der Waals surface area (Å²) in [5.41, 5.74) is 0.919. The number of aromatic nitrogens is 2. The van der Waals surface area contributed by atoms with Crippen LogP contribution in [0.15, 0.2) is 54.9 Å². The molecule has 3 rings (SSSR count). The summed E-state index contributed by atoms with van der Waals surface area (Å²) < 4.78 is 5.81. The molecule has 0 aliphatic rings. The van der Waals surface area contributed by atoms with Gasteiger partial charge in [-0.1, -0.05) is 6.07 Å². The van der Waals surface area contributed by atoms with Crippen LogP contribution < -0.4 is 10.1 Å². The van der Waals surface area contributed by atoms with E-state index in [1.165, 1.54) is 0 Å². The average Bonchev–Trinajstić information content (AvgIpc) is 2.47. The Morgan fingerprint density at radius 2 is 1.84 bits per heavy atom. The first-order valence-corrected chi connectivity index (χ1v) is 6.01. The van der Waals surface area contributed by atoms with Gasteiger partial charge in [-0.3, -0.25) is 4.98 Å². The molecule has 0 aliphatic heterocycles. The SMILES string of the molecule is CNc1cc(Oc2ccc3cccnc3c2)ccn1. The van der Waals surface area contributed by atoms with Crippen LogP contribution in [0.25, 0.3) is 10.9 Å². The molecule has 4 heteroatoms. The fraction of sp³-hybridized carbons (Fsp3) is 0.0667. The second kappa shape index (κ2) is 4.94. The monoisotopic (exact) mass is 251 g/mol. The summed E-state index contributed by atoms with van der Waals surface area (Å²) in [6.07, 6.45) is 3.48. The van der Waals surface area contributed by atoms with Crippen molar-refractivity contribution in [2.45, 2.75) is 0 Å². The zero-order chi connectivity index (χ0) is 13.1. The summed E-state index contributed by atoms with van der Waals surface area (Å²) in [5, 5.41) is 4.08. The van der Waals surface area contributed by atoms with Crippen molar-refractivity contribution in [3.63, 3.8) is 0 Å². The Balaban J connectivity index is 1.92. The van der Waals surface area contributed by atoms with Crippen LogP contribution in [-0.4, -0.2) is 17.0 Å². The van der Waals surface area contributed by atoms with Gasteiger partial charge in [0.25, 0.3) is 0 Å². The molecule has 0 bridgehead atoms. The Kier molecular flexibility index (Phi) is 2.98. The molecule has 0 fully saturated rings. The third-order valence-electron chi connectivity index (χ3n) is 2.80. The Bertz CT molecular complexity index is 712. The molecule has 4 nitrogen and oxygen atoms in total. The average molecular weight is 251 g/mol. The van der Waals surface area contributed by atoms with E-state index in [-0.39, 0.29) is 0 Å². The molecular formula is C15H13N3O. The van der Waals surface area contributed by atoms with Gasteiger partial charge in [0.05, 0.1) is 5.52 Å². The minimum absolute atomic E-state index is 0.745. The third-order valence-corrected chi connectivity index (χ3v) is 2.80. The molecule has 2 aromatic heterocycles.